The first-order chi connectivity index (χ1) is 11.3. The van der Waals surface area contributed by atoms with Crippen LogP contribution < -0.4 is 5.32 Å². The second-order valence-corrected chi connectivity index (χ2v) is 11.6. The minimum Gasteiger partial charge on any atom is -0.388 e. The van der Waals surface area contributed by atoms with Crippen LogP contribution in [0, 0.1) is 11.3 Å². The average molecular weight is 398 g/mol. The molecule has 1 N–H and O–H groups in total. The van der Waals surface area contributed by atoms with E-state index in [0.29, 0.717) is 10.4 Å². The second-order valence-electron chi connectivity index (χ2n) is 9.69. The number of hydrogen-bond donors (Lipinski definition) is 1. The van der Waals surface area contributed by atoms with Crippen molar-refractivity contribution < 1.29 is 0 Å². The molecule has 0 aromatic carbocycles. The summed E-state index contributed by atoms with van der Waals surface area (Å²) in [5.41, 5.74) is 1.92. The van der Waals surface area contributed by atoms with Gasteiger partial charge in [0.25, 0.3) is 0 Å². The Hall–Kier alpha value is 0.0200. The van der Waals surface area contributed by atoms with Gasteiger partial charge < -0.3 is 5.32 Å². The van der Waals surface area contributed by atoms with Gasteiger partial charge in [-0.1, -0.05) is 81.6 Å². The van der Waals surface area contributed by atoms with Crippen molar-refractivity contribution in [2.24, 2.45) is 11.3 Å². The average Bonchev–Trinajstić information content (AvgIpc) is 2.56. The Bertz CT molecular complexity index is 405. The van der Waals surface area contributed by atoms with Crippen LogP contribution in [-0.4, -0.2) is 10.4 Å². The number of allylic oxidation sites excluding steroid dienone is 1. The smallest absolute Gasteiger partial charge is 0.0255 e. The third-order valence-electron chi connectivity index (χ3n) is 6.19. The predicted molar refractivity (Wildman–Crippen MR) is 111 cm³/mol. The molecular formula is C22H40BrN. The van der Waals surface area contributed by atoms with Crippen LogP contribution in [0.2, 0.25) is 0 Å². The van der Waals surface area contributed by atoms with Crippen molar-refractivity contribution in [2.45, 2.75) is 115 Å². The van der Waals surface area contributed by atoms with Crippen molar-refractivity contribution in [3.05, 3.63) is 11.8 Å². The van der Waals surface area contributed by atoms with Gasteiger partial charge in [-0.15, -0.1) is 0 Å². The zero-order chi connectivity index (χ0) is 17.6. The standard InChI is InChI=1S/C22H40BrN/c1-21(2,3)19-16-18-10-8-13-20(24-17-19)12-6-5-7-14-22(4,23)15-9-11-18/h17-18,20,24H,5-16H2,1-4H3/b19-17+. The molecule has 140 valence electrons. The number of alkyl halides is 1. The largest absolute Gasteiger partial charge is 0.388 e. The van der Waals surface area contributed by atoms with Gasteiger partial charge in [0.15, 0.2) is 0 Å². The molecule has 0 amide bonds. The first kappa shape index (κ1) is 20.3. The summed E-state index contributed by atoms with van der Waals surface area (Å²) >= 11 is 4.02. The molecule has 3 unspecified atom stereocenters. The van der Waals surface area contributed by atoms with Crippen LogP contribution in [0.25, 0.3) is 0 Å². The Morgan fingerprint density at radius 1 is 0.958 bits per heavy atom. The fourth-order valence-electron chi connectivity index (χ4n) is 4.37. The van der Waals surface area contributed by atoms with E-state index in [1.54, 1.807) is 5.57 Å². The van der Waals surface area contributed by atoms with Crippen LogP contribution in [0.5, 0.6) is 0 Å². The van der Waals surface area contributed by atoms with Gasteiger partial charge in [0.2, 0.25) is 0 Å². The molecule has 0 radical (unpaired) electrons. The molecule has 24 heavy (non-hydrogen) atoms. The summed E-state index contributed by atoms with van der Waals surface area (Å²) in [5.74, 6) is 0.877. The lowest BCUT2D eigenvalue weighted by Gasteiger charge is -2.28. The van der Waals surface area contributed by atoms with Gasteiger partial charge in [-0.2, -0.15) is 0 Å². The van der Waals surface area contributed by atoms with E-state index in [9.17, 15) is 0 Å². The van der Waals surface area contributed by atoms with Crippen LogP contribution in [0.3, 0.4) is 0 Å². The van der Waals surface area contributed by atoms with Crippen LogP contribution in [0.15, 0.2) is 11.8 Å². The van der Waals surface area contributed by atoms with Crippen molar-refractivity contribution in [2.75, 3.05) is 0 Å². The van der Waals surface area contributed by atoms with Gasteiger partial charge in [-0.25, -0.2) is 0 Å². The fraction of sp³-hybridized carbons (Fsp3) is 0.909. The number of hydrogen-bond acceptors (Lipinski definition) is 1. The zero-order valence-electron chi connectivity index (χ0n) is 16.6. The Balaban J connectivity index is 2.13. The van der Waals surface area contributed by atoms with Gasteiger partial charge in [0, 0.05) is 10.4 Å². The quantitative estimate of drug-likeness (QED) is 0.421. The lowest BCUT2D eigenvalue weighted by molar-refractivity contribution is 0.355. The number of halogens is 1. The van der Waals surface area contributed by atoms with Gasteiger partial charge in [0.05, 0.1) is 0 Å². The van der Waals surface area contributed by atoms with Gasteiger partial charge in [-0.3, -0.25) is 0 Å². The molecule has 0 saturated heterocycles. The van der Waals surface area contributed by atoms with Gasteiger partial charge >= 0.3 is 0 Å². The van der Waals surface area contributed by atoms with Crippen molar-refractivity contribution >= 4 is 15.9 Å². The summed E-state index contributed by atoms with van der Waals surface area (Å²) in [6, 6.07) is 0.694. The van der Waals surface area contributed by atoms with Crippen molar-refractivity contribution in [1.82, 2.24) is 5.32 Å². The van der Waals surface area contributed by atoms with Gasteiger partial charge in [-0.05, 0) is 62.1 Å². The monoisotopic (exact) mass is 397 g/mol. The van der Waals surface area contributed by atoms with Crippen LogP contribution in [-0.2, 0) is 0 Å². The van der Waals surface area contributed by atoms with E-state index in [1.165, 1.54) is 77.0 Å². The molecule has 0 spiro atoms. The van der Waals surface area contributed by atoms with E-state index in [0.717, 1.165) is 5.92 Å². The number of nitrogens with one attached hydrogen (secondary N) is 1. The first-order valence-electron chi connectivity index (χ1n) is 10.4. The van der Waals surface area contributed by atoms with Crippen LogP contribution in [0.4, 0.5) is 0 Å². The van der Waals surface area contributed by atoms with Crippen molar-refractivity contribution in [3.8, 4) is 0 Å². The molecule has 2 rings (SSSR count). The lowest BCUT2D eigenvalue weighted by Crippen LogP contribution is -2.25. The molecule has 1 saturated carbocycles. The molecular weight excluding hydrogens is 358 g/mol. The summed E-state index contributed by atoms with van der Waals surface area (Å²) in [6.07, 6.45) is 18.8. The van der Waals surface area contributed by atoms with E-state index in [4.69, 9.17) is 0 Å². The fourth-order valence-corrected chi connectivity index (χ4v) is 4.93. The minimum atomic E-state index is 0.290. The highest BCUT2D eigenvalue weighted by molar-refractivity contribution is 9.10. The second kappa shape index (κ2) is 9.10. The molecule has 1 heterocycles. The van der Waals surface area contributed by atoms with Crippen LogP contribution >= 0.6 is 15.9 Å². The minimum absolute atomic E-state index is 0.290. The maximum Gasteiger partial charge on any atom is 0.0255 e. The topological polar surface area (TPSA) is 12.0 Å². The van der Waals surface area contributed by atoms with E-state index < -0.39 is 0 Å². The molecule has 3 atom stereocenters. The molecule has 2 heteroatoms. The molecule has 2 bridgehead atoms. The zero-order valence-corrected chi connectivity index (χ0v) is 18.2. The molecule has 1 aliphatic carbocycles. The van der Waals surface area contributed by atoms with Crippen molar-refractivity contribution in [3.63, 3.8) is 0 Å². The van der Waals surface area contributed by atoms with Crippen molar-refractivity contribution in [1.29, 1.82) is 0 Å². The molecule has 1 fully saturated rings. The molecule has 1 aliphatic heterocycles. The Kier molecular flexibility index (Phi) is 7.71. The van der Waals surface area contributed by atoms with E-state index in [2.05, 4.69) is 55.1 Å². The number of fused-ring (bicyclic) bond motifs is 4. The normalized spacial score (nSPS) is 36.6. The lowest BCUT2D eigenvalue weighted by atomic mass is 9.79. The third kappa shape index (κ3) is 7.10. The molecule has 2 aliphatic rings. The Labute approximate surface area is 159 Å². The summed E-state index contributed by atoms with van der Waals surface area (Å²) in [7, 11) is 0. The first-order valence-corrected chi connectivity index (χ1v) is 11.2. The maximum absolute atomic E-state index is 4.02. The Morgan fingerprint density at radius 2 is 1.62 bits per heavy atom. The molecule has 0 aromatic rings. The van der Waals surface area contributed by atoms with E-state index in [-0.39, 0.29) is 5.41 Å². The third-order valence-corrected chi connectivity index (χ3v) is 6.98. The SMILES string of the molecule is CC1(Br)CCCCCC2CCCC(CCC1)C/C(C(C)(C)C)=C\N2. The number of rotatable bonds is 0. The summed E-state index contributed by atoms with van der Waals surface area (Å²) < 4.78 is 0.363. The Morgan fingerprint density at radius 3 is 2.38 bits per heavy atom. The molecule has 1 nitrogen and oxygen atoms in total. The van der Waals surface area contributed by atoms with Crippen LogP contribution in [0.1, 0.15) is 105 Å². The highest BCUT2D eigenvalue weighted by atomic mass is 79.9. The highest BCUT2D eigenvalue weighted by Crippen LogP contribution is 2.37. The summed E-state index contributed by atoms with van der Waals surface area (Å²) in [6.45, 7) is 9.56. The molecule has 0 aromatic heterocycles. The predicted octanol–water partition coefficient (Wildman–Crippen LogP) is 7.35. The van der Waals surface area contributed by atoms with Gasteiger partial charge in [0.1, 0.15) is 0 Å². The highest BCUT2D eigenvalue weighted by Gasteiger charge is 2.25. The van der Waals surface area contributed by atoms with E-state index in [1.807, 2.05) is 0 Å². The summed E-state index contributed by atoms with van der Waals surface area (Å²) in [4.78, 5) is 0. The summed E-state index contributed by atoms with van der Waals surface area (Å²) in [5, 5.41) is 3.82. The maximum atomic E-state index is 4.02. The van der Waals surface area contributed by atoms with E-state index >= 15 is 0 Å².